The zero-order chi connectivity index (χ0) is 13.1. The van der Waals surface area contributed by atoms with Crippen LogP contribution in [0.25, 0.3) is 10.4 Å². The Morgan fingerprint density at radius 2 is 2.39 bits per heavy atom. The molecule has 1 amide bonds. The minimum absolute atomic E-state index is 0.0925. The fourth-order valence-corrected chi connectivity index (χ4v) is 2.35. The summed E-state index contributed by atoms with van der Waals surface area (Å²) in [5.74, 6) is 0.215. The molecule has 94 valence electrons. The lowest BCUT2D eigenvalue weighted by Crippen LogP contribution is -2.24. The molecule has 1 aliphatic rings. The van der Waals surface area contributed by atoms with Crippen LogP contribution in [0.1, 0.15) is 12.0 Å². The van der Waals surface area contributed by atoms with Gasteiger partial charge in [0.25, 0.3) is 0 Å². The number of amides is 1. The van der Waals surface area contributed by atoms with E-state index >= 15 is 0 Å². The molecule has 0 spiro atoms. The maximum atomic E-state index is 11.9. The molecule has 1 heterocycles. The average Bonchev–Trinajstić information content (AvgIpc) is 2.71. The van der Waals surface area contributed by atoms with Crippen LogP contribution in [0.15, 0.2) is 27.8 Å². The van der Waals surface area contributed by atoms with Gasteiger partial charge < -0.3 is 4.90 Å². The van der Waals surface area contributed by atoms with E-state index in [4.69, 9.17) is 5.53 Å². The summed E-state index contributed by atoms with van der Waals surface area (Å²) in [5.41, 5.74) is 10.3. The summed E-state index contributed by atoms with van der Waals surface area (Å²) >= 11 is 3.44. The van der Waals surface area contributed by atoms with Gasteiger partial charge in [-0.25, -0.2) is 0 Å². The van der Waals surface area contributed by atoms with Gasteiger partial charge in [0, 0.05) is 34.6 Å². The normalized spacial score (nSPS) is 18.9. The van der Waals surface area contributed by atoms with E-state index in [9.17, 15) is 4.79 Å². The van der Waals surface area contributed by atoms with Crippen LogP contribution in [0.2, 0.25) is 0 Å². The zero-order valence-corrected chi connectivity index (χ0v) is 11.6. The number of carbonyl (C=O) groups is 1. The molecule has 0 bridgehead atoms. The van der Waals surface area contributed by atoms with Crippen molar-refractivity contribution in [3.05, 3.63) is 38.7 Å². The van der Waals surface area contributed by atoms with Crippen molar-refractivity contribution < 1.29 is 4.79 Å². The Morgan fingerprint density at radius 1 is 1.61 bits per heavy atom. The molecule has 0 radical (unpaired) electrons. The van der Waals surface area contributed by atoms with E-state index in [1.54, 1.807) is 4.90 Å². The quantitative estimate of drug-likeness (QED) is 0.479. The Labute approximate surface area is 114 Å². The summed E-state index contributed by atoms with van der Waals surface area (Å²) in [6, 6.07) is 5.85. The number of carbonyl (C=O) groups excluding carboxylic acids is 1. The minimum atomic E-state index is 0.0925. The van der Waals surface area contributed by atoms with Crippen molar-refractivity contribution in [3.8, 4) is 0 Å². The molecule has 1 saturated heterocycles. The predicted molar refractivity (Wildman–Crippen MR) is 73.4 cm³/mol. The highest BCUT2D eigenvalue weighted by molar-refractivity contribution is 9.10. The largest absolute Gasteiger partial charge is 0.312 e. The molecule has 0 saturated carbocycles. The number of rotatable bonds is 3. The van der Waals surface area contributed by atoms with Crippen LogP contribution in [-0.4, -0.2) is 19.0 Å². The molecule has 1 atom stereocenters. The van der Waals surface area contributed by atoms with Gasteiger partial charge in [0.05, 0.1) is 0 Å². The molecule has 1 unspecified atom stereocenters. The second kappa shape index (κ2) is 5.42. The molecule has 0 aliphatic carbocycles. The molecule has 1 fully saturated rings. The lowest BCUT2D eigenvalue weighted by atomic mass is 10.1. The summed E-state index contributed by atoms with van der Waals surface area (Å²) < 4.78 is 1.03. The third-order valence-corrected chi connectivity index (χ3v) is 3.95. The SMILES string of the molecule is Cc1cc(N2CC(CN=[N+]=[N-])CC2=O)ccc1Br. The van der Waals surface area contributed by atoms with E-state index in [1.165, 1.54) is 0 Å². The lowest BCUT2D eigenvalue weighted by molar-refractivity contribution is -0.117. The second-order valence-corrected chi connectivity index (χ2v) is 5.28. The Hall–Kier alpha value is -1.52. The predicted octanol–water partition coefficient (Wildman–Crippen LogP) is 3.42. The van der Waals surface area contributed by atoms with Gasteiger partial charge in [0.1, 0.15) is 0 Å². The lowest BCUT2D eigenvalue weighted by Gasteiger charge is -2.17. The molecule has 0 N–H and O–H groups in total. The van der Waals surface area contributed by atoms with Crippen LogP contribution in [-0.2, 0) is 4.79 Å². The number of halogens is 1. The van der Waals surface area contributed by atoms with Crippen LogP contribution in [0, 0.1) is 12.8 Å². The van der Waals surface area contributed by atoms with E-state index in [-0.39, 0.29) is 11.8 Å². The van der Waals surface area contributed by atoms with Crippen molar-refractivity contribution in [2.45, 2.75) is 13.3 Å². The minimum Gasteiger partial charge on any atom is -0.312 e. The van der Waals surface area contributed by atoms with Crippen molar-refractivity contribution in [2.75, 3.05) is 18.0 Å². The monoisotopic (exact) mass is 308 g/mol. The number of hydrogen-bond donors (Lipinski definition) is 0. The molecular formula is C12H13BrN4O. The van der Waals surface area contributed by atoms with Crippen LogP contribution >= 0.6 is 15.9 Å². The number of hydrogen-bond acceptors (Lipinski definition) is 2. The molecule has 2 rings (SSSR count). The first-order valence-corrected chi connectivity index (χ1v) is 6.48. The van der Waals surface area contributed by atoms with Gasteiger partial charge in [-0.2, -0.15) is 0 Å². The number of benzene rings is 1. The van der Waals surface area contributed by atoms with E-state index in [1.807, 2.05) is 25.1 Å². The highest BCUT2D eigenvalue weighted by Crippen LogP contribution is 2.28. The second-order valence-electron chi connectivity index (χ2n) is 4.42. The fraction of sp³-hybridized carbons (Fsp3) is 0.417. The van der Waals surface area contributed by atoms with Crippen molar-refractivity contribution in [1.29, 1.82) is 0 Å². The maximum Gasteiger partial charge on any atom is 0.227 e. The average molecular weight is 309 g/mol. The van der Waals surface area contributed by atoms with Gasteiger partial charge in [-0.1, -0.05) is 21.0 Å². The first kappa shape index (κ1) is 12.9. The van der Waals surface area contributed by atoms with Gasteiger partial charge in [-0.05, 0) is 42.1 Å². The van der Waals surface area contributed by atoms with E-state index in [0.717, 1.165) is 15.7 Å². The number of azide groups is 1. The summed E-state index contributed by atoms with van der Waals surface area (Å²) in [5, 5.41) is 3.54. The molecule has 6 heteroatoms. The maximum absolute atomic E-state index is 11.9. The standard InChI is InChI=1S/C12H13BrN4O/c1-8-4-10(2-3-11(8)13)17-7-9(5-12(17)18)6-15-16-14/h2-4,9H,5-7H2,1H3. The summed E-state index contributed by atoms with van der Waals surface area (Å²) in [4.78, 5) is 16.4. The van der Waals surface area contributed by atoms with Crippen molar-refractivity contribution in [2.24, 2.45) is 11.0 Å². The third kappa shape index (κ3) is 2.66. The zero-order valence-electron chi connectivity index (χ0n) is 10.0. The van der Waals surface area contributed by atoms with Crippen molar-refractivity contribution in [3.63, 3.8) is 0 Å². The molecule has 0 aromatic heterocycles. The van der Waals surface area contributed by atoms with Gasteiger partial charge in [0.15, 0.2) is 0 Å². The first-order chi connectivity index (χ1) is 8.61. The fourth-order valence-electron chi connectivity index (χ4n) is 2.10. The summed E-state index contributed by atoms with van der Waals surface area (Å²) in [6.07, 6.45) is 0.453. The van der Waals surface area contributed by atoms with Gasteiger partial charge in [0.2, 0.25) is 5.91 Å². The number of nitrogens with zero attached hydrogens (tertiary/aromatic N) is 4. The first-order valence-electron chi connectivity index (χ1n) is 5.69. The Morgan fingerprint density at radius 3 is 3.06 bits per heavy atom. The van der Waals surface area contributed by atoms with E-state index in [2.05, 4.69) is 26.0 Å². The van der Waals surface area contributed by atoms with Gasteiger partial charge in [-0.3, -0.25) is 4.79 Å². The van der Waals surface area contributed by atoms with E-state index in [0.29, 0.717) is 19.5 Å². The van der Waals surface area contributed by atoms with Crippen LogP contribution in [0.4, 0.5) is 5.69 Å². The Kier molecular flexibility index (Phi) is 3.89. The van der Waals surface area contributed by atoms with Crippen molar-refractivity contribution >= 4 is 27.5 Å². The molecular weight excluding hydrogens is 296 g/mol. The molecule has 1 aromatic rings. The summed E-state index contributed by atoms with van der Waals surface area (Å²) in [6.45, 7) is 3.00. The van der Waals surface area contributed by atoms with Crippen LogP contribution in [0.3, 0.4) is 0 Å². The molecule has 1 aliphatic heterocycles. The smallest absolute Gasteiger partial charge is 0.227 e. The van der Waals surface area contributed by atoms with Crippen molar-refractivity contribution in [1.82, 2.24) is 0 Å². The summed E-state index contributed by atoms with van der Waals surface area (Å²) in [7, 11) is 0. The molecule has 1 aromatic carbocycles. The highest BCUT2D eigenvalue weighted by Gasteiger charge is 2.30. The highest BCUT2D eigenvalue weighted by atomic mass is 79.9. The van der Waals surface area contributed by atoms with Gasteiger partial charge in [-0.15, -0.1) is 0 Å². The topological polar surface area (TPSA) is 69.1 Å². The van der Waals surface area contributed by atoms with Gasteiger partial charge >= 0.3 is 0 Å². The number of anilines is 1. The molecule has 5 nitrogen and oxygen atoms in total. The molecule has 18 heavy (non-hydrogen) atoms. The van der Waals surface area contributed by atoms with Crippen LogP contribution < -0.4 is 4.90 Å². The Balaban J connectivity index is 2.16. The Bertz CT molecular complexity index is 525. The third-order valence-electron chi connectivity index (χ3n) is 3.06. The van der Waals surface area contributed by atoms with E-state index < -0.39 is 0 Å². The van der Waals surface area contributed by atoms with Crippen LogP contribution in [0.5, 0.6) is 0 Å². The number of aryl methyl sites for hydroxylation is 1.